The standard InChI is InChI=1S/C23H26ClN5O7/c1-4-23(32)25-22-14-17(28(9-11-35-15(2)30)10-12-36-16(3)31)5-8-21(22)27-26-20-7-6-18(29(33)34)13-19(20)24/h5-8,13-14H,4,9-12H2,1-3H3,(H,25,32)/b27-26+. The molecule has 0 aliphatic heterocycles. The van der Waals surface area contributed by atoms with Crippen molar-refractivity contribution in [1.82, 2.24) is 0 Å². The van der Waals surface area contributed by atoms with Crippen molar-refractivity contribution in [2.75, 3.05) is 36.5 Å². The lowest BCUT2D eigenvalue weighted by molar-refractivity contribution is -0.384. The Morgan fingerprint density at radius 2 is 1.58 bits per heavy atom. The lowest BCUT2D eigenvalue weighted by atomic mass is 10.2. The highest BCUT2D eigenvalue weighted by atomic mass is 35.5. The van der Waals surface area contributed by atoms with Gasteiger partial charge >= 0.3 is 11.9 Å². The Labute approximate surface area is 212 Å². The Kier molecular flexibility index (Phi) is 10.7. The van der Waals surface area contributed by atoms with Gasteiger partial charge < -0.3 is 19.7 Å². The smallest absolute Gasteiger partial charge is 0.302 e. The Morgan fingerprint density at radius 1 is 1.00 bits per heavy atom. The SMILES string of the molecule is CCC(=O)Nc1cc(N(CCOC(C)=O)CCOC(C)=O)ccc1/N=N/c1ccc([N+](=O)[O-])cc1Cl. The number of benzene rings is 2. The molecule has 0 aromatic heterocycles. The van der Waals surface area contributed by atoms with Gasteiger partial charge in [0.1, 0.15) is 24.6 Å². The predicted octanol–water partition coefficient (Wildman–Crippen LogP) is 4.94. The molecule has 2 aromatic carbocycles. The first kappa shape index (κ1) is 28.2. The molecule has 0 radical (unpaired) electrons. The molecule has 0 saturated carbocycles. The third-order valence-electron chi connectivity index (χ3n) is 4.68. The van der Waals surface area contributed by atoms with E-state index in [1.165, 1.54) is 32.0 Å². The number of esters is 2. The predicted molar refractivity (Wildman–Crippen MR) is 133 cm³/mol. The fourth-order valence-corrected chi connectivity index (χ4v) is 3.13. The molecule has 192 valence electrons. The van der Waals surface area contributed by atoms with Crippen LogP contribution in [0, 0.1) is 10.1 Å². The summed E-state index contributed by atoms with van der Waals surface area (Å²) in [7, 11) is 0. The lowest BCUT2D eigenvalue weighted by Gasteiger charge is -2.25. The van der Waals surface area contributed by atoms with Crippen LogP contribution in [0.2, 0.25) is 5.02 Å². The second-order valence-electron chi connectivity index (χ2n) is 7.36. The molecular formula is C23H26ClN5O7. The number of non-ortho nitro benzene ring substituents is 1. The molecular weight excluding hydrogens is 494 g/mol. The minimum atomic E-state index is -0.571. The summed E-state index contributed by atoms with van der Waals surface area (Å²) < 4.78 is 10.1. The topological polar surface area (TPSA) is 153 Å². The number of nitro groups is 1. The molecule has 0 atom stereocenters. The van der Waals surface area contributed by atoms with Gasteiger partial charge in [-0.1, -0.05) is 18.5 Å². The summed E-state index contributed by atoms with van der Waals surface area (Å²) in [5.41, 5.74) is 1.35. The molecule has 1 N–H and O–H groups in total. The number of carbonyl (C=O) groups is 3. The fraction of sp³-hybridized carbons (Fsp3) is 0.348. The first-order valence-corrected chi connectivity index (χ1v) is 11.3. The third-order valence-corrected chi connectivity index (χ3v) is 4.98. The van der Waals surface area contributed by atoms with E-state index < -0.39 is 16.9 Å². The van der Waals surface area contributed by atoms with E-state index in [9.17, 15) is 24.5 Å². The number of amides is 1. The van der Waals surface area contributed by atoms with Crippen molar-refractivity contribution in [2.45, 2.75) is 27.2 Å². The Balaban J connectivity index is 2.36. The van der Waals surface area contributed by atoms with E-state index in [0.29, 0.717) is 30.2 Å². The maximum atomic E-state index is 12.1. The van der Waals surface area contributed by atoms with Crippen LogP contribution >= 0.6 is 11.6 Å². The fourth-order valence-electron chi connectivity index (χ4n) is 2.91. The van der Waals surface area contributed by atoms with Crippen molar-refractivity contribution in [1.29, 1.82) is 0 Å². The number of hydrogen-bond donors (Lipinski definition) is 1. The van der Waals surface area contributed by atoms with Crippen LogP contribution in [0.3, 0.4) is 0 Å². The number of nitro benzene ring substituents is 1. The molecule has 2 rings (SSSR count). The van der Waals surface area contributed by atoms with Gasteiger partial charge in [0.25, 0.3) is 5.69 Å². The maximum Gasteiger partial charge on any atom is 0.302 e. The maximum absolute atomic E-state index is 12.1. The number of carbonyl (C=O) groups excluding carboxylic acids is 3. The number of azo groups is 1. The minimum absolute atomic E-state index is 0.0471. The number of ether oxygens (including phenoxy) is 2. The molecule has 0 spiro atoms. The highest BCUT2D eigenvalue weighted by molar-refractivity contribution is 6.33. The Hall–Kier alpha value is -4.06. The molecule has 0 aliphatic carbocycles. The average Bonchev–Trinajstić information content (AvgIpc) is 2.82. The summed E-state index contributed by atoms with van der Waals surface area (Å²) in [5.74, 6) is -1.11. The van der Waals surface area contributed by atoms with Gasteiger partial charge in [-0.25, -0.2) is 0 Å². The molecule has 13 heteroatoms. The van der Waals surface area contributed by atoms with E-state index in [1.54, 1.807) is 25.1 Å². The van der Waals surface area contributed by atoms with Crippen molar-refractivity contribution >= 4 is 57.9 Å². The molecule has 0 unspecified atom stereocenters. The molecule has 1 amide bonds. The van der Waals surface area contributed by atoms with E-state index in [-0.39, 0.29) is 41.9 Å². The number of nitrogens with zero attached hydrogens (tertiary/aromatic N) is 4. The van der Waals surface area contributed by atoms with Gasteiger partial charge in [-0.05, 0) is 24.3 Å². The van der Waals surface area contributed by atoms with Gasteiger partial charge in [-0.3, -0.25) is 24.5 Å². The van der Waals surface area contributed by atoms with Crippen molar-refractivity contribution in [3.05, 3.63) is 51.5 Å². The van der Waals surface area contributed by atoms with Gasteiger partial charge in [0, 0.05) is 38.1 Å². The van der Waals surface area contributed by atoms with E-state index in [0.717, 1.165) is 0 Å². The summed E-state index contributed by atoms with van der Waals surface area (Å²) in [6.45, 7) is 5.12. The largest absolute Gasteiger partial charge is 0.464 e. The molecule has 0 bridgehead atoms. The van der Waals surface area contributed by atoms with Crippen molar-refractivity contribution in [2.24, 2.45) is 10.2 Å². The molecule has 0 heterocycles. The zero-order chi connectivity index (χ0) is 26.7. The monoisotopic (exact) mass is 519 g/mol. The molecule has 0 aliphatic rings. The zero-order valence-corrected chi connectivity index (χ0v) is 20.8. The van der Waals surface area contributed by atoms with Crippen LogP contribution in [0.5, 0.6) is 0 Å². The minimum Gasteiger partial charge on any atom is -0.464 e. The van der Waals surface area contributed by atoms with Crippen LogP contribution in [0.1, 0.15) is 27.2 Å². The summed E-state index contributed by atoms with van der Waals surface area (Å²) in [6.07, 6.45) is 0.220. The van der Waals surface area contributed by atoms with E-state index in [2.05, 4.69) is 15.5 Å². The van der Waals surface area contributed by atoms with Gasteiger partial charge in [-0.15, -0.1) is 10.2 Å². The lowest BCUT2D eigenvalue weighted by Crippen LogP contribution is -2.32. The van der Waals surface area contributed by atoms with Crippen molar-refractivity contribution in [3.63, 3.8) is 0 Å². The van der Waals surface area contributed by atoms with Crippen LogP contribution < -0.4 is 10.2 Å². The van der Waals surface area contributed by atoms with Gasteiger partial charge in [0.2, 0.25) is 5.91 Å². The number of nitrogens with one attached hydrogen (secondary N) is 1. The van der Waals surface area contributed by atoms with Crippen LogP contribution in [-0.2, 0) is 23.9 Å². The molecule has 0 fully saturated rings. The van der Waals surface area contributed by atoms with Gasteiger partial charge in [-0.2, -0.15) is 0 Å². The van der Waals surface area contributed by atoms with Crippen LogP contribution in [0.25, 0.3) is 0 Å². The van der Waals surface area contributed by atoms with Crippen molar-refractivity contribution in [3.8, 4) is 0 Å². The first-order chi connectivity index (χ1) is 17.1. The second-order valence-corrected chi connectivity index (χ2v) is 7.77. The average molecular weight is 520 g/mol. The summed E-state index contributed by atoms with van der Waals surface area (Å²) in [4.78, 5) is 46.6. The second kappa shape index (κ2) is 13.7. The Bertz CT molecular complexity index is 1140. The molecule has 36 heavy (non-hydrogen) atoms. The first-order valence-electron chi connectivity index (χ1n) is 10.9. The molecule has 2 aromatic rings. The normalized spacial score (nSPS) is 10.7. The quantitative estimate of drug-likeness (QED) is 0.179. The van der Waals surface area contributed by atoms with E-state index >= 15 is 0 Å². The van der Waals surface area contributed by atoms with Crippen molar-refractivity contribution < 1.29 is 28.8 Å². The number of hydrogen-bond acceptors (Lipinski definition) is 10. The van der Waals surface area contributed by atoms with E-state index in [1.807, 2.05) is 4.90 Å². The number of anilines is 2. The van der Waals surface area contributed by atoms with E-state index in [4.69, 9.17) is 21.1 Å². The van der Waals surface area contributed by atoms with Gasteiger partial charge in [0.15, 0.2) is 0 Å². The highest BCUT2D eigenvalue weighted by Crippen LogP contribution is 2.34. The molecule has 12 nitrogen and oxygen atoms in total. The third kappa shape index (κ3) is 8.95. The Morgan fingerprint density at radius 3 is 2.11 bits per heavy atom. The molecule has 0 saturated heterocycles. The zero-order valence-electron chi connectivity index (χ0n) is 20.0. The van der Waals surface area contributed by atoms with Crippen LogP contribution in [-0.4, -0.2) is 49.1 Å². The van der Waals surface area contributed by atoms with Crippen LogP contribution in [0.15, 0.2) is 46.6 Å². The summed E-state index contributed by atoms with van der Waals surface area (Å²) >= 11 is 6.09. The number of rotatable bonds is 12. The van der Waals surface area contributed by atoms with Gasteiger partial charge in [0.05, 0.1) is 28.7 Å². The summed E-state index contributed by atoms with van der Waals surface area (Å²) in [6, 6.07) is 8.80. The summed E-state index contributed by atoms with van der Waals surface area (Å²) in [5, 5.41) is 22.0. The highest BCUT2D eigenvalue weighted by Gasteiger charge is 2.14. The van der Waals surface area contributed by atoms with Crippen LogP contribution in [0.4, 0.5) is 28.4 Å². The number of halogens is 1.